The van der Waals surface area contributed by atoms with Crippen molar-refractivity contribution in [2.24, 2.45) is 0 Å². The second-order valence-corrected chi connectivity index (χ2v) is 4.65. The summed E-state index contributed by atoms with van der Waals surface area (Å²) in [5.41, 5.74) is 0. The highest BCUT2D eigenvalue weighted by Gasteiger charge is 2.15. The SMILES string of the molecule is CCOCCNCC(O)COC1CCCCC1. The molecule has 0 amide bonds. The first kappa shape index (κ1) is 14.9. The lowest BCUT2D eigenvalue weighted by Crippen LogP contribution is -2.34. The minimum absolute atomic E-state index is 0.377. The van der Waals surface area contributed by atoms with E-state index in [0.717, 1.165) is 26.0 Å². The molecule has 17 heavy (non-hydrogen) atoms. The summed E-state index contributed by atoms with van der Waals surface area (Å²) in [7, 11) is 0. The van der Waals surface area contributed by atoms with Crippen molar-refractivity contribution in [2.75, 3.05) is 32.9 Å². The molecule has 1 unspecified atom stereocenters. The average molecular weight is 245 g/mol. The fraction of sp³-hybridized carbons (Fsp3) is 1.00. The van der Waals surface area contributed by atoms with Gasteiger partial charge in [-0.15, -0.1) is 0 Å². The van der Waals surface area contributed by atoms with E-state index in [9.17, 15) is 5.11 Å². The Morgan fingerprint density at radius 2 is 2.06 bits per heavy atom. The molecular formula is C13H27NO3. The third kappa shape index (κ3) is 7.71. The Kier molecular flexibility index (Phi) is 8.61. The van der Waals surface area contributed by atoms with Crippen LogP contribution in [0.2, 0.25) is 0 Å². The molecule has 1 atom stereocenters. The van der Waals surface area contributed by atoms with Gasteiger partial charge in [-0.25, -0.2) is 0 Å². The highest BCUT2D eigenvalue weighted by Crippen LogP contribution is 2.20. The molecule has 1 aliphatic rings. The van der Waals surface area contributed by atoms with Gasteiger partial charge in [-0.1, -0.05) is 19.3 Å². The first-order valence-corrected chi connectivity index (χ1v) is 6.91. The van der Waals surface area contributed by atoms with Gasteiger partial charge in [-0.2, -0.15) is 0 Å². The van der Waals surface area contributed by atoms with Crippen molar-refractivity contribution < 1.29 is 14.6 Å². The zero-order valence-corrected chi connectivity index (χ0v) is 11.0. The van der Waals surface area contributed by atoms with Crippen molar-refractivity contribution >= 4 is 0 Å². The van der Waals surface area contributed by atoms with Crippen LogP contribution in [-0.2, 0) is 9.47 Å². The fourth-order valence-corrected chi connectivity index (χ4v) is 2.10. The second-order valence-electron chi connectivity index (χ2n) is 4.65. The van der Waals surface area contributed by atoms with Crippen LogP contribution in [0, 0.1) is 0 Å². The van der Waals surface area contributed by atoms with E-state index in [4.69, 9.17) is 9.47 Å². The average Bonchev–Trinajstić information content (AvgIpc) is 2.37. The smallest absolute Gasteiger partial charge is 0.0897 e. The number of aliphatic hydroxyl groups is 1. The summed E-state index contributed by atoms with van der Waals surface area (Å²) in [6.07, 6.45) is 6.16. The van der Waals surface area contributed by atoms with Crippen LogP contribution in [-0.4, -0.2) is 50.2 Å². The third-order valence-corrected chi connectivity index (χ3v) is 3.08. The molecule has 0 aromatic heterocycles. The molecule has 2 N–H and O–H groups in total. The lowest BCUT2D eigenvalue weighted by atomic mass is 9.98. The van der Waals surface area contributed by atoms with Crippen LogP contribution in [0.15, 0.2) is 0 Å². The standard InChI is InChI=1S/C13H27NO3/c1-2-16-9-8-14-10-12(15)11-17-13-6-4-3-5-7-13/h12-15H,2-11H2,1H3. The molecule has 0 aliphatic heterocycles. The van der Waals surface area contributed by atoms with Crippen molar-refractivity contribution in [1.82, 2.24) is 5.32 Å². The molecule has 0 radical (unpaired) electrons. The molecule has 4 nitrogen and oxygen atoms in total. The topological polar surface area (TPSA) is 50.7 Å². The summed E-state index contributed by atoms with van der Waals surface area (Å²) in [5.74, 6) is 0. The molecule has 0 saturated heterocycles. The van der Waals surface area contributed by atoms with Crippen molar-refractivity contribution in [3.63, 3.8) is 0 Å². The zero-order valence-electron chi connectivity index (χ0n) is 11.0. The number of aliphatic hydroxyl groups excluding tert-OH is 1. The highest BCUT2D eigenvalue weighted by molar-refractivity contribution is 4.67. The van der Waals surface area contributed by atoms with Gasteiger partial charge in [0.2, 0.25) is 0 Å². The van der Waals surface area contributed by atoms with Gasteiger partial charge in [-0.05, 0) is 19.8 Å². The van der Waals surface area contributed by atoms with Crippen LogP contribution in [0.25, 0.3) is 0 Å². The maximum atomic E-state index is 9.71. The lowest BCUT2D eigenvalue weighted by Gasteiger charge is -2.23. The monoisotopic (exact) mass is 245 g/mol. The maximum Gasteiger partial charge on any atom is 0.0897 e. The van der Waals surface area contributed by atoms with Gasteiger partial charge in [-0.3, -0.25) is 0 Å². The van der Waals surface area contributed by atoms with Crippen LogP contribution in [0.3, 0.4) is 0 Å². The Hall–Kier alpha value is -0.160. The van der Waals surface area contributed by atoms with Gasteiger partial charge in [0.05, 0.1) is 25.4 Å². The number of rotatable bonds is 9. The Morgan fingerprint density at radius 3 is 2.76 bits per heavy atom. The number of ether oxygens (including phenoxy) is 2. The first-order valence-electron chi connectivity index (χ1n) is 6.91. The predicted molar refractivity (Wildman–Crippen MR) is 68.2 cm³/mol. The molecule has 1 saturated carbocycles. The molecule has 0 aromatic carbocycles. The maximum absolute atomic E-state index is 9.71. The lowest BCUT2D eigenvalue weighted by molar-refractivity contribution is -0.0232. The Balaban J connectivity index is 1.91. The van der Waals surface area contributed by atoms with Crippen molar-refractivity contribution in [2.45, 2.75) is 51.2 Å². The number of nitrogens with one attached hydrogen (secondary N) is 1. The van der Waals surface area contributed by atoms with E-state index in [1.807, 2.05) is 6.92 Å². The molecule has 4 heteroatoms. The van der Waals surface area contributed by atoms with Gasteiger partial charge >= 0.3 is 0 Å². The number of hydrogen-bond donors (Lipinski definition) is 2. The van der Waals surface area contributed by atoms with Gasteiger partial charge in [0.1, 0.15) is 0 Å². The molecule has 0 spiro atoms. The van der Waals surface area contributed by atoms with Crippen LogP contribution < -0.4 is 5.32 Å². The molecule has 0 aromatic rings. The van der Waals surface area contributed by atoms with Crippen LogP contribution in [0.5, 0.6) is 0 Å². The van der Waals surface area contributed by atoms with E-state index in [2.05, 4.69) is 5.32 Å². The summed E-state index contributed by atoms with van der Waals surface area (Å²) in [6.45, 7) is 5.25. The van der Waals surface area contributed by atoms with Gasteiger partial charge in [0.15, 0.2) is 0 Å². The third-order valence-electron chi connectivity index (χ3n) is 3.08. The molecule has 102 valence electrons. The van der Waals surface area contributed by atoms with Gasteiger partial charge < -0.3 is 19.9 Å². The fourth-order valence-electron chi connectivity index (χ4n) is 2.10. The second kappa shape index (κ2) is 9.83. The number of hydrogen-bond acceptors (Lipinski definition) is 4. The Labute approximate surface area is 105 Å². The molecule has 1 aliphatic carbocycles. The molecule has 1 rings (SSSR count). The van der Waals surface area contributed by atoms with E-state index in [0.29, 0.717) is 25.9 Å². The van der Waals surface area contributed by atoms with Crippen molar-refractivity contribution in [3.8, 4) is 0 Å². The first-order chi connectivity index (χ1) is 8.33. The van der Waals surface area contributed by atoms with Crippen LogP contribution in [0.4, 0.5) is 0 Å². The summed E-state index contributed by atoms with van der Waals surface area (Å²) < 4.78 is 10.9. The highest BCUT2D eigenvalue weighted by atomic mass is 16.5. The minimum Gasteiger partial charge on any atom is -0.389 e. The van der Waals surface area contributed by atoms with Crippen LogP contribution in [0.1, 0.15) is 39.0 Å². The molecule has 1 fully saturated rings. The Bertz CT molecular complexity index is 172. The molecule has 0 bridgehead atoms. The van der Waals surface area contributed by atoms with E-state index in [-0.39, 0.29) is 0 Å². The molecular weight excluding hydrogens is 218 g/mol. The zero-order chi connectivity index (χ0) is 12.3. The quantitative estimate of drug-likeness (QED) is 0.602. The molecule has 0 heterocycles. The van der Waals surface area contributed by atoms with E-state index in [1.165, 1.54) is 19.3 Å². The van der Waals surface area contributed by atoms with E-state index >= 15 is 0 Å². The van der Waals surface area contributed by atoms with E-state index in [1.54, 1.807) is 0 Å². The normalized spacial score (nSPS) is 19.4. The summed E-state index contributed by atoms with van der Waals surface area (Å²) in [5, 5.41) is 12.9. The Morgan fingerprint density at radius 1 is 1.29 bits per heavy atom. The minimum atomic E-state index is -0.404. The van der Waals surface area contributed by atoms with Crippen molar-refractivity contribution in [3.05, 3.63) is 0 Å². The van der Waals surface area contributed by atoms with Gasteiger partial charge in [0.25, 0.3) is 0 Å². The summed E-state index contributed by atoms with van der Waals surface area (Å²) >= 11 is 0. The summed E-state index contributed by atoms with van der Waals surface area (Å²) in [6, 6.07) is 0. The predicted octanol–water partition coefficient (Wildman–Crippen LogP) is 1.32. The van der Waals surface area contributed by atoms with Crippen molar-refractivity contribution in [1.29, 1.82) is 0 Å². The van der Waals surface area contributed by atoms with E-state index < -0.39 is 6.10 Å². The van der Waals surface area contributed by atoms with Gasteiger partial charge in [0, 0.05) is 19.7 Å². The van der Waals surface area contributed by atoms with Crippen LogP contribution >= 0.6 is 0 Å². The largest absolute Gasteiger partial charge is 0.389 e. The summed E-state index contributed by atoms with van der Waals surface area (Å²) in [4.78, 5) is 0.